The van der Waals surface area contributed by atoms with E-state index in [1.165, 1.54) is 23.9 Å². The van der Waals surface area contributed by atoms with Crippen molar-refractivity contribution in [3.63, 3.8) is 0 Å². The van der Waals surface area contributed by atoms with Crippen LogP contribution in [-0.2, 0) is 23.7 Å². The number of rotatable bonds is 8. The summed E-state index contributed by atoms with van der Waals surface area (Å²) in [5.41, 5.74) is 2.01. The molecule has 4 rings (SSSR count). The van der Waals surface area contributed by atoms with Crippen LogP contribution in [-0.4, -0.2) is 27.5 Å². The molecule has 0 bridgehead atoms. The van der Waals surface area contributed by atoms with Crippen molar-refractivity contribution >= 4 is 17.7 Å². The summed E-state index contributed by atoms with van der Waals surface area (Å²) in [6.45, 7) is 1.52. The van der Waals surface area contributed by atoms with Gasteiger partial charge in [-0.05, 0) is 41.8 Å². The molecular weight excluding hydrogens is 393 g/mol. The van der Waals surface area contributed by atoms with E-state index in [-0.39, 0.29) is 11.7 Å². The normalized spacial score (nSPS) is 13.8. The fourth-order valence-corrected chi connectivity index (χ4v) is 3.71. The largest absolute Gasteiger partial charge is 0.489 e. The molecule has 0 aliphatic carbocycles. The number of hydrogen-bond acceptors (Lipinski definition) is 6. The summed E-state index contributed by atoms with van der Waals surface area (Å²) < 4.78 is 24.3. The molecule has 8 heteroatoms. The molecule has 0 radical (unpaired) electrons. The van der Waals surface area contributed by atoms with Gasteiger partial charge in [-0.1, -0.05) is 36.0 Å². The lowest BCUT2D eigenvalue weighted by molar-refractivity contribution is -0.128. The summed E-state index contributed by atoms with van der Waals surface area (Å²) in [7, 11) is 0. The molecule has 1 fully saturated rings. The van der Waals surface area contributed by atoms with Gasteiger partial charge < -0.3 is 14.1 Å². The van der Waals surface area contributed by atoms with Crippen LogP contribution in [0.4, 0.5) is 4.39 Å². The van der Waals surface area contributed by atoms with Gasteiger partial charge in [0.1, 0.15) is 18.2 Å². The molecule has 2 aromatic carbocycles. The summed E-state index contributed by atoms with van der Waals surface area (Å²) in [4.78, 5) is 13.4. The molecular formula is C21H20FN3O3S. The van der Waals surface area contributed by atoms with Crippen molar-refractivity contribution in [1.82, 2.24) is 15.1 Å². The third-order valence-electron chi connectivity index (χ3n) is 4.55. The zero-order valence-electron chi connectivity index (χ0n) is 15.7. The van der Waals surface area contributed by atoms with Gasteiger partial charge in [-0.3, -0.25) is 4.79 Å². The monoisotopic (exact) mass is 413 g/mol. The molecule has 29 heavy (non-hydrogen) atoms. The average Bonchev–Trinajstić information content (AvgIpc) is 3.36. The van der Waals surface area contributed by atoms with Gasteiger partial charge in [0.15, 0.2) is 0 Å². The molecule has 0 unspecified atom stereocenters. The van der Waals surface area contributed by atoms with Gasteiger partial charge in [0, 0.05) is 18.7 Å². The second-order valence-electron chi connectivity index (χ2n) is 6.73. The quantitative estimate of drug-likeness (QED) is 0.516. The van der Waals surface area contributed by atoms with Crippen LogP contribution < -0.4 is 4.74 Å². The number of carbonyl (C=O) groups excluding carboxylic acids is 1. The molecule has 1 aliphatic rings. The molecule has 0 spiro atoms. The van der Waals surface area contributed by atoms with Crippen LogP contribution in [0.15, 0.2) is 58.2 Å². The lowest BCUT2D eigenvalue weighted by Gasteiger charge is -2.11. The first kappa shape index (κ1) is 19.4. The summed E-state index contributed by atoms with van der Waals surface area (Å²) in [6, 6.07) is 14.0. The molecule has 6 nitrogen and oxygen atoms in total. The maximum Gasteiger partial charge on any atom is 0.276 e. The minimum Gasteiger partial charge on any atom is -0.489 e. The fraction of sp³-hybridized carbons (Fsp3) is 0.286. The van der Waals surface area contributed by atoms with Gasteiger partial charge in [0.05, 0.1) is 6.54 Å². The Bertz CT molecular complexity index is 960. The minimum atomic E-state index is -0.256. The Kier molecular flexibility index (Phi) is 6.09. The Hall–Kier alpha value is -2.87. The van der Waals surface area contributed by atoms with Crippen LogP contribution in [0.2, 0.25) is 0 Å². The van der Waals surface area contributed by atoms with E-state index in [0.29, 0.717) is 36.4 Å². The van der Waals surface area contributed by atoms with Crippen LogP contribution >= 0.6 is 11.8 Å². The molecule has 0 N–H and O–H groups in total. The number of ether oxygens (including phenoxy) is 1. The summed E-state index contributed by atoms with van der Waals surface area (Å²) in [5, 5.41) is 8.56. The molecule has 1 aromatic heterocycles. The molecule has 1 saturated heterocycles. The van der Waals surface area contributed by atoms with Crippen molar-refractivity contribution in [3.05, 3.63) is 71.4 Å². The van der Waals surface area contributed by atoms with Crippen LogP contribution in [0.1, 0.15) is 29.9 Å². The van der Waals surface area contributed by atoms with Crippen LogP contribution in [0, 0.1) is 5.82 Å². The predicted octanol–water partition coefficient (Wildman–Crippen LogP) is 4.20. The van der Waals surface area contributed by atoms with Crippen LogP contribution in [0.5, 0.6) is 5.75 Å². The van der Waals surface area contributed by atoms with Crippen molar-refractivity contribution in [2.75, 3.05) is 6.54 Å². The number of carbonyl (C=O) groups is 1. The highest BCUT2D eigenvalue weighted by atomic mass is 32.2. The number of aromatic nitrogens is 2. The fourth-order valence-electron chi connectivity index (χ4n) is 2.97. The Morgan fingerprint density at radius 1 is 1.07 bits per heavy atom. The summed E-state index contributed by atoms with van der Waals surface area (Å²) >= 11 is 1.45. The van der Waals surface area contributed by atoms with E-state index >= 15 is 0 Å². The average molecular weight is 413 g/mol. The smallest absolute Gasteiger partial charge is 0.276 e. The van der Waals surface area contributed by atoms with E-state index in [9.17, 15) is 9.18 Å². The van der Waals surface area contributed by atoms with E-state index in [2.05, 4.69) is 10.2 Å². The highest BCUT2D eigenvalue weighted by molar-refractivity contribution is 7.98. The van der Waals surface area contributed by atoms with E-state index in [4.69, 9.17) is 9.15 Å². The molecule has 1 amide bonds. The highest BCUT2D eigenvalue weighted by Gasteiger charge is 2.22. The number of halogens is 1. The van der Waals surface area contributed by atoms with Crippen molar-refractivity contribution in [3.8, 4) is 5.75 Å². The molecule has 2 heterocycles. The first-order valence-electron chi connectivity index (χ1n) is 9.35. The summed E-state index contributed by atoms with van der Waals surface area (Å²) in [6.07, 6.45) is 1.48. The third-order valence-corrected chi connectivity index (χ3v) is 5.44. The van der Waals surface area contributed by atoms with E-state index < -0.39 is 0 Å². The first-order valence-corrected chi connectivity index (χ1v) is 10.3. The lowest BCUT2D eigenvalue weighted by Crippen LogP contribution is -2.23. The van der Waals surface area contributed by atoms with Gasteiger partial charge >= 0.3 is 0 Å². The number of nitrogens with zero attached hydrogens (tertiary/aromatic N) is 3. The van der Waals surface area contributed by atoms with Gasteiger partial charge in [-0.15, -0.1) is 10.2 Å². The number of thioether (sulfide) groups is 1. The third kappa shape index (κ3) is 5.35. The second kappa shape index (κ2) is 9.09. The topological polar surface area (TPSA) is 68.5 Å². The van der Waals surface area contributed by atoms with Crippen molar-refractivity contribution in [1.29, 1.82) is 0 Å². The van der Waals surface area contributed by atoms with Crippen LogP contribution in [0.3, 0.4) is 0 Å². The Morgan fingerprint density at radius 3 is 2.55 bits per heavy atom. The van der Waals surface area contributed by atoms with Gasteiger partial charge in [-0.2, -0.15) is 0 Å². The number of hydrogen-bond donors (Lipinski definition) is 0. The van der Waals surface area contributed by atoms with Gasteiger partial charge in [0.25, 0.3) is 5.22 Å². The summed E-state index contributed by atoms with van der Waals surface area (Å²) in [5.74, 6) is 1.78. The van der Waals surface area contributed by atoms with Crippen LogP contribution in [0.25, 0.3) is 0 Å². The zero-order valence-corrected chi connectivity index (χ0v) is 16.5. The highest BCUT2D eigenvalue weighted by Crippen LogP contribution is 2.24. The first-order chi connectivity index (χ1) is 14.2. The van der Waals surface area contributed by atoms with Crippen molar-refractivity contribution < 1.29 is 18.3 Å². The maximum absolute atomic E-state index is 12.9. The number of likely N-dealkylation sites (tertiary alicyclic amines) is 1. The minimum absolute atomic E-state index is 0.138. The molecule has 1 aliphatic heterocycles. The number of amides is 1. The zero-order chi connectivity index (χ0) is 20.1. The standard InChI is InChI=1S/C21H20FN3O3S/c22-17-7-3-15(4-8-17)13-27-18-9-5-16(6-10-18)14-29-21-24-23-19(28-21)12-25-11-1-2-20(25)26/h3-10H,1-2,11-14H2. The van der Waals surface area contributed by atoms with E-state index in [0.717, 1.165) is 29.8 Å². The lowest BCUT2D eigenvalue weighted by atomic mass is 10.2. The van der Waals surface area contributed by atoms with Gasteiger partial charge in [-0.25, -0.2) is 4.39 Å². The molecule has 3 aromatic rings. The Balaban J connectivity index is 1.25. The van der Waals surface area contributed by atoms with Crippen molar-refractivity contribution in [2.45, 2.75) is 37.0 Å². The van der Waals surface area contributed by atoms with E-state index in [1.54, 1.807) is 17.0 Å². The molecule has 150 valence electrons. The molecule has 0 saturated carbocycles. The predicted molar refractivity (Wildman–Crippen MR) is 106 cm³/mol. The SMILES string of the molecule is O=C1CCCN1Cc1nnc(SCc2ccc(OCc3ccc(F)cc3)cc2)o1. The van der Waals surface area contributed by atoms with E-state index in [1.807, 2.05) is 24.3 Å². The Labute approximate surface area is 172 Å². The number of benzene rings is 2. The second-order valence-corrected chi connectivity index (χ2v) is 7.65. The van der Waals surface area contributed by atoms with Crippen molar-refractivity contribution in [2.24, 2.45) is 0 Å². The maximum atomic E-state index is 12.9. The Morgan fingerprint density at radius 2 is 1.83 bits per heavy atom. The van der Waals surface area contributed by atoms with Gasteiger partial charge in [0.2, 0.25) is 11.8 Å². The molecule has 0 atom stereocenters.